The van der Waals surface area contributed by atoms with Crippen molar-refractivity contribution in [3.8, 4) is 0 Å². The van der Waals surface area contributed by atoms with Crippen LogP contribution in [0.25, 0.3) is 0 Å². The Hall–Kier alpha value is -0.360. The maximum Gasteiger partial charge on any atom is 0.223 e. The molecule has 1 fully saturated rings. The Morgan fingerprint density at radius 2 is 2.18 bits per heavy atom. The van der Waals surface area contributed by atoms with Gasteiger partial charge in [0.2, 0.25) is 5.91 Å². The number of aromatic nitrogens is 1. The Morgan fingerprint density at radius 3 is 2.77 bits per heavy atom. The lowest BCUT2D eigenvalue weighted by molar-refractivity contribution is -0.126. The molecule has 7 heteroatoms. The molecular weight excluding hydrogens is 341 g/mol. The molecule has 0 aliphatic heterocycles. The summed E-state index contributed by atoms with van der Waals surface area (Å²) in [7, 11) is 0. The molecule has 0 radical (unpaired) electrons. The molecule has 128 valence electrons. The number of rotatable bonds is 5. The van der Waals surface area contributed by atoms with Gasteiger partial charge in [0.25, 0.3) is 0 Å². The summed E-state index contributed by atoms with van der Waals surface area (Å²) in [6, 6.07) is 0.201. The number of nitrogens with two attached hydrogens (primary N) is 1. The predicted octanol–water partition coefficient (Wildman–Crippen LogP) is 3.29. The first-order chi connectivity index (χ1) is 9.56. The van der Waals surface area contributed by atoms with E-state index < -0.39 is 0 Å². The van der Waals surface area contributed by atoms with Crippen LogP contribution in [0, 0.1) is 5.92 Å². The van der Waals surface area contributed by atoms with E-state index in [4.69, 9.17) is 5.73 Å². The minimum atomic E-state index is 0. The van der Waals surface area contributed by atoms with Gasteiger partial charge in [-0.3, -0.25) is 4.79 Å². The molecule has 22 heavy (non-hydrogen) atoms. The van der Waals surface area contributed by atoms with Crippen LogP contribution in [0.4, 0.5) is 0 Å². The average molecular weight is 368 g/mol. The van der Waals surface area contributed by atoms with Crippen molar-refractivity contribution in [2.75, 3.05) is 6.54 Å². The number of amides is 1. The molecule has 1 saturated carbocycles. The van der Waals surface area contributed by atoms with E-state index in [0.29, 0.717) is 12.5 Å². The van der Waals surface area contributed by atoms with Crippen molar-refractivity contribution < 1.29 is 4.79 Å². The van der Waals surface area contributed by atoms with E-state index >= 15 is 0 Å². The molecule has 1 heterocycles. The predicted molar refractivity (Wildman–Crippen MR) is 97.3 cm³/mol. The zero-order valence-corrected chi connectivity index (χ0v) is 15.7. The van der Waals surface area contributed by atoms with Crippen LogP contribution in [0.5, 0.6) is 0 Å². The van der Waals surface area contributed by atoms with E-state index in [1.165, 1.54) is 5.01 Å². The fourth-order valence-corrected chi connectivity index (χ4v) is 3.50. The van der Waals surface area contributed by atoms with E-state index in [9.17, 15) is 4.79 Å². The summed E-state index contributed by atoms with van der Waals surface area (Å²) in [6.45, 7) is 4.97. The maximum absolute atomic E-state index is 12.1. The van der Waals surface area contributed by atoms with Crippen molar-refractivity contribution in [2.24, 2.45) is 11.7 Å². The molecule has 4 nitrogen and oxygen atoms in total. The average Bonchev–Trinajstić information content (AvgIpc) is 2.87. The number of halogens is 2. The second-order valence-electron chi connectivity index (χ2n) is 6.00. The fraction of sp³-hybridized carbons (Fsp3) is 0.733. The first kappa shape index (κ1) is 21.6. The van der Waals surface area contributed by atoms with Gasteiger partial charge in [0, 0.05) is 36.2 Å². The van der Waals surface area contributed by atoms with Crippen LogP contribution in [-0.2, 0) is 11.2 Å². The van der Waals surface area contributed by atoms with Crippen LogP contribution in [0.1, 0.15) is 56.2 Å². The number of carbonyl (C=O) groups is 1. The molecule has 2 unspecified atom stereocenters. The second kappa shape index (κ2) is 10.4. The number of nitrogens with one attached hydrogen (secondary N) is 1. The summed E-state index contributed by atoms with van der Waals surface area (Å²) < 4.78 is 0. The van der Waals surface area contributed by atoms with Gasteiger partial charge in [-0.05, 0) is 19.3 Å². The molecule has 0 aromatic carbocycles. The van der Waals surface area contributed by atoms with E-state index in [1.807, 2.05) is 0 Å². The topological polar surface area (TPSA) is 68.0 Å². The highest BCUT2D eigenvalue weighted by Gasteiger charge is 2.24. The highest BCUT2D eigenvalue weighted by atomic mass is 35.5. The van der Waals surface area contributed by atoms with Gasteiger partial charge in [-0.2, -0.15) is 0 Å². The summed E-state index contributed by atoms with van der Waals surface area (Å²) in [6.07, 6.45) is 4.76. The lowest BCUT2D eigenvalue weighted by atomic mass is 9.85. The van der Waals surface area contributed by atoms with Crippen molar-refractivity contribution in [1.29, 1.82) is 0 Å². The SMILES string of the molecule is CC(C)c1nc(CCNC(=O)C2CCCC(N)C2)cs1.Cl.Cl. The summed E-state index contributed by atoms with van der Waals surface area (Å²) in [4.78, 5) is 16.6. The molecule has 1 aromatic rings. The standard InChI is InChI=1S/C15H25N3OS.2ClH/c1-10(2)15-18-13(9-20-15)6-7-17-14(19)11-4-3-5-12(16)8-11;;/h9-12H,3-8,16H2,1-2H3,(H,17,19);2*1H. The Labute approximate surface area is 149 Å². The molecule has 1 amide bonds. The Bertz CT molecular complexity index is 454. The van der Waals surface area contributed by atoms with Crippen molar-refractivity contribution >= 4 is 42.1 Å². The van der Waals surface area contributed by atoms with Crippen molar-refractivity contribution in [1.82, 2.24) is 10.3 Å². The zero-order valence-electron chi connectivity index (χ0n) is 13.2. The van der Waals surface area contributed by atoms with Crippen LogP contribution in [0.3, 0.4) is 0 Å². The number of hydrogen-bond acceptors (Lipinski definition) is 4. The van der Waals surface area contributed by atoms with Crippen molar-refractivity contribution in [2.45, 2.75) is 57.9 Å². The first-order valence-corrected chi connectivity index (χ1v) is 8.41. The van der Waals surface area contributed by atoms with Gasteiger partial charge in [0.05, 0.1) is 10.7 Å². The molecular formula is C15H27Cl2N3OS. The Morgan fingerprint density at radius 1 is 1.45 bits per heavy atom. The van der Waals surface area contributed by atoms with Crippen molar-refractivity contribution in [3.05, 3.63) is 16.1 Å². The second-order valence-corrected chi connectivity index (χ2v) is 6.89. The van der Waals surface area contributed by atoms with E-state index in [1.54, 1.807) is 11.3 Å². The Kier molecular flexibility index (Phi) is 10.3. The molecule has 1 aliphatic carbocycles. The van der Waals surface area contributed by atoms with E-state index in [-0.39, 0.29) is 42.7 Å². The van der Waals surface area contributed by atoms with Gasteiger partial charge in [0.15, 0.2) is 0 Å². The lowest BCUT2D eigenvalue weighted by Gasteiger charge is -2.25. The third-order valence-electron chi connectivity index (χ3n) is 3.83. The van der Waals surface area contributed by atoms with Crippen LogP contribution >= 0.6 is 36.2 Å². The van der Waals surface area contributed by atoms with Gasteiger partial charge in [-0.1, -0.05) is 20.3 Å². The molecule has 1 aromatic heterocycles. The molecule has 0 saturated heterocycles. The van der Waals surface area contributed by atoms with Crippen LogP contribution in [0.2, 0.25) is 0 Å². The number of thiazole rings is 1. The van der Waals surface area contributed by atoms with Crippen LogP contribution < -0.4 is 11.1 Å². The number of hydrogen-bond donors (Lipinski definition) is 2. The summed E-state index contributed by atoms with van der Waals surface area (Å²) >= 11 is 1.70. The number of nitrogens with zero attached hydrogens (tertiary/aromatic N) is 1. The highest BCUT2D eigenvalue weighted by molar-refractivity contribution is 7.09. The van der Waals surface area contributed by atoms with Gasteiger partial charge in [-0.15, -0.1) is 36.2 Å². The number of carbonyl (C=O) groups excluding carboxylic acids is 1. The molecule has 2 atom stereocenters. The highest BCUT2D eigenvalue weighted by Crippen LogP contribution is 2.23. The van der Waals surface area contributed by atoms with E-state index in [2.05, 4.69) is 29.5 Å². The third-order valence-corrected chi connectivity index (χ3v) is 5.02. The van der Waals surface area contributed by atoms with Crippen molar-refractivity contribution in [3.63, 3.8) is 0 Å². The van der Waals surface area contributed by atoms with Gasteiger partial charge >= 0.3 is 0 Å². The monoisotopic (exact) mass is 367 g/mol. The molecule has 1 aliphatic rings. The lowest BCUT2D eigenvalue weighted by Crippen LogP contribution is -2.38. The quantitative estimate of drug-likeness (QED) is 0.838. The smallest absolute Gasteiger partial charge is 0.223 e. The van der Waals surface area contributed by atoms with Gasteiger partial charge in [-0.25, -0.2) is 4.98 Å². The third kappa shape index (κ3) is 6.41. The van der Waals surface area contributed by atoms with Crippen LogP contribution in [-0.4, -0.2) is 23.5 Å². The summed E-state index contributed by atoms with van der Waals surface area (Å²) in [5, 5.41) is 6.30. The molecule has 3 N–H and O–H groups in total. The van der Waals surface area contributed by atoms with E-state index in [0.717, 1.165) is 37.8 Å². The fourth-order valence-electron chi connectivity index (χ4n) is 2.63. The maximum atomic E-state index is 12.1. The normalized spacial score (nSPS) is 20.9. The minimum absolute atomic E-state index is 0. The summed E-state index contributed by atoms with van der Waals surface area (Å²) in [5.74, 6) is 0.756. The van der Waals surface area contributed by atoms with Gasteiger partial charge < -0.3 is 11.1 Å². The molecule has 2 rings (SSSR count). The Balaban J connectivity index is 0.00000220. The van der Waals surface area contributed by atoms with Gasteiger partial charge in [0.1, 0.15) is 0 Å². The molecule has 0 spiro atoms. The first-order valence-electron chi connectivity index (χ1n) is 7.54. The summed E-state index contributed by atoms with van der Waals surface area (Å²) in [5.41, 5.74) is 7.01. The zero-order chi connectivity index (χ0) is 14.5. The molecule has 0 bridgehead atoms. The minimum Gasteiger partial charge on any atom is -0.355 e. The largest absolute Gasteiger partial charge is 0.355 e. The van der Waals surface area contributed by atoms with Crippen LogP contribution in [0.15, 0.2) is 5.38 Å².